The molecule has 0 bridgehead atoms. The number of nitrogens with two attached hydrogens (primary N) is 1. The van der Waals surface area contributed by atoms with Crippen LogP contribution in [0.4, 0.5) is 0 Å². The Kier molecular flexibility index (Phi) is 6.96. The Balaban J connectivity index is 1.53. The van der Waals surface area contributed by atoms with Crippen molar-refractivity contribution in [3.05, 3.63) is 54.1 Å². The quantitative estimate of drug-likeness (QED) is 0.410. The van der Waals surface area contributed by atoms with Crippen LogP contribution in [0.25, 0.3) is 11.4 Å². The summed E-state index contributed by atoms with van der Waals surface area (Å²) in [4.78, 5) is 12.1. The lowest BCUT2D eigenvalue weighted by molar-refractivity contribution is -0.118. The lowest BCUT2D eigenvalue weighted by Crippen LogP contribution is -2.25. The molecule has 0 aliphatic heterocycles. The summed E-state index contributed by atoms with van der Waals surface area (Å²) in [5.41, 5.74) is 1.81. The van der Waals surface area contributed by atoms with E-state index in [-0.39, 0.29) is 11.7 Å². The van der Waals surface area contributed by atoms with E-state index >= 15 is 0 Å². The summed E-state index contributed by atoms with van der Waals surface area (Å²) >= 11 is 1.23. The van der Waals surface area contributed by atoms with E-state index in [4.69, 9.17) is 15.3 Å². The molecule has 3 aromatic rings. The molecule has 3 rings (SSSR count). The molecule has 2 aromatic carbocycles. The molecule has 0 saturated heterocycles. The molecule has 0 radical (unpaired) electrons. The van der Waals surface area contributed by atoms with Gasteiger partial charge in [-0.1, -0.05) is 23.9 Å². The summed E-state index contributed by atoms with van der Waals surface area (Å²) in [6.45, 7) is 2.98. The molecule has 0 atom stereocenters. The molecule has 8 nitrogen and oxygen atoms in total. The minimum Gasteiger partial charge on any atom is -0.497 e. The minimum atomic E-state index is -0.114. The van der Waals surface area contributed by atoms with Gasteiger partial charge in [0.1, 0.15) is 11.5 Å². The highest BCUT2D eigenvalue weighted by atomic mass is 32.2. The summed E-state index contributed by atoms with van der Waals surface area (Å²) in [6, 6.07) is 15.0. The van der Waals surface area contributed by atoms with Gasteiger partial charge < -0.3 is 20.6 Å². The molecule has 29 heavy (non-hydrogen) atoms. The zero-order valence-corrected chi connectivity index (χ0v) is 17.1. The van der Waals surface area contributed by atoms with Crippen molar-refractivity contribution in [3.8, 4) is 22.9 Å². The second-order valence-electron chi connectivity index (χ2n) is 6.05. The molecule has 0 spiro atoms. The highest BCUT2D eigenvalue weighted by Crippen LogP contribution is 2.23. The fraction of sp³-hybridized carbons (Fsp3) is 0.250. The monoisotopic (exact) mass is 413 g/mol. The highest BCUT2D eigenvalue weighted by Gasteiger charge is 2.14. The van der Waals surface area contributed by atoms with Gasteiger partial charge in [-0.05, 0) is 48.9 Å². The normalized spacial score (nSPS) is 10.6. The summed E-state index contributed by atoms with van der Waals surface area (Å²) in [5.74, 6) is 8.26. The molecule has 3 N–H and O–H groups in total. The maximum atomic E-state index is 12.1. The Hall–Kier alpha value is -3.20. The van der Waals surface area contributed by atoms with Crippen LogP contribution in [0.3, 0.4) is 0 Å². The molecular weight excluding hydrogens is 390 g/mol. The number of rotatable bonds is 9. The first-order valence-corrected chi connectivity index (χ1v) is 10.1. The minimum absolute atomic E-state index is 0.114. The fourth-order valence-corrected chi connectivity index (χ4v) is 3.25. The average Bonchev–Trinajstić information content (AvgIpc) is 3.12. The SMILES string of the molecule is CCOc1ccc(-c2nnc(SCC(=O)NCc3ccc(OC)cc3)n2N)cc1. The number of aromatic nitrogens is 3. The van der Waals surface area contributed by atoms with Crippen molar-refractivity contribution in [3.63, 3.8) is 0 Å². The molecule has 1 amide bonds. The molecule has 0 unspecified atom stereocenters. The van der Waals surface area contributed by atoms with Crippen LogP contribution in [-0.4, -0.2) is 40.3 Å². The molecule has 1 aromatic heterocycles. The van der Waals surface area contributed by atoms with Gasteiger partial charge in [-0.15, -0.1) is 10.2 Å². The lowest BCUT2D eigenvalue weighted by Gasteiger charge is -2.07. The standard InChI is InChI=1S/C20H23N5O3S/c1-3-28-17-10-6-15(7-11-17)19-23-24-20(25(19)21)29-13-18(26)22-12-14-4-8-16(27-2)9-5-14/h4-11H,3,12-13,21H2,1-2H3,(H,22,26). The number of amides is 1. The Morgan fingerprint density at radius 2 is 1.79 bits per heavy atom. The van der Waals surface area contributed by atoms with Crippen molar-refractivity contribution < 1.29 is 14.3 Å². The average molecular weight is 414 g/mol. The molecule has 0 saturated carbocycles. The lowest BCUT2D eigenvalue weighted by atomic mass is 10.2. The summed E-state index contributed by atoms with van der Waals surface area (Å²) < 4.78 is 11.9. The topological polar surface area (TPSA) is 104 Å². The zero-order chi connectivity index (χ0) is 20.6. The van der Waals surface area contributed by atoms with Gasteiger partial charge in [0.05, 0.1) is 19.5 Å². The van der Waals surface area contributed by atoms with Crippen LogP contribution in [0.2, 0.25) is 0 Å². The number of hydrogen-bond donors (Lipinski definition) is 2. The second kappa shape index (κ2) is 9.83. The van der Waals surface area contributed by atoms with E-state index in [9.17, 15) is 4.79 Å². The van der Waals surface area contributed by atoms with Gasteiger partial charge in [0.2, 0.25) is 11.1 Å². The van der Waals surface area contributed by atoms with Gasteiger partial charge >= 0.3 is 0 Å². The van der Waals surface area contributed by atoms with Crippen LogP contribution in [0, 0.1) is 0 Å². The van der Waals surface area contributed by atoms with Crippen molar-refractivity contribution in [2.24, 2.45) is 0 Å². The third kappa shape index (κ3) is 5.41. The number of nitrogen functional groups attached to an aromatic ring is 1. The predicted octanol–water partition coefficient (Wildman–Crippen LogP) is 2.47. The summed E-state index contributed by atoms with van der Waals surface area (Å²) in [5, 5.41) is 11.6. The zero-order valence-electron chi connectivity index (χ0n) is 16.3. The molecule has 152 valence electrons. The number of methoxy groups -OCH3 is 1. The highest BCUT2D eigenvalue weighted by molar-refractivity contribution is 7.99. The number of nitrogens with one attached hydrogen (secondary N) is 1. The Labute approximate surface area is 173 Å². The molecule has 0 aliphatic rings. The number of ether oxygens (including phenoxy) is 2. The van der Waals surface area contributed by atoms with Crippen LogP contribution >= 0.6 is 11.8 Å². The van der Waals surface area contributed by atoms with Crippen LogP contribution in [-0.2, 0) is 11.3 Å². The third-order valence-electron chi connectivity index (χ3n) is 4.07. The first-order chi connectivity index (χ1) is 14.1. The first kappa shape index (κ1) is 20.5. The second-order valence-corrected chi connectivity index (χ2v) is 6.99. The van der Waals surface area contributed by atoms with Crippen molar-refractivity contribution in [1.82, 2.24) is 20.2 Å². The number of benzene rings is 2. The van der Waals surface area contributed by atoms with Crippen LogP contribution in [0.5, 0.6) is 11.5 Å². The van der Waals surface area contributed by atoms with Crippen molar-refractivity contribution in [1.29, 1.82) is 0 Å². The maximum absolute atomic E-state index is 12.1. The van der Waals surface area contributed by atoms with Gasteiger partial charge in [0.25, 0.3) is 0 Å². The van der Waals surface area contributed by atoms with Gasteiger partial charge in [-0.3, -0.25) is 4.79 Å². The Morgan fingerprint density at radius 3 is 2.45 bits per heavy atom. The van der Waals surface area contributed by atoms with Crippen molar-refractivity contribution in [2.75, 3.05) is 25.3 Å². The Bertz CT molecular complexity index is 942. The van der Waals surface area contributed by atoms with E-state index in [0.29, 0.717) is 24.1 Å². The van der Waals surface area contributed by atoms with E-state index in [1.165, 1.54) is 16.4 Å². The number of carbonyl (C=O) groups excluding carboxylic acids is 1. The van der Waals surface area contributed by atoms with E-state index in [1.54, 1.807) is 7.11 Å². The summed E-state index contributed by atoms with van der Waals surface area (Å²) in [6.07, 6.45) is 0. The van der Waals surface area contributed by atoms with E-state index in [0.717, 1.165) is 22.6 Å². The summed E-state index contributed by atoms with van der Waals surface area (Å²) in [7, 11) is 1.62. The van der Waals surface area contributed by atoms with E-state index in [2.05, 4.69) is 15.5 Å². The predicted molar refractivity (Wildman–Crippen MR) is 112 cm³/mol. The smallest absolute Gasteiger partial charge is 0.230 e. The van der Waals surface area contributed by atoms with Crippen LogP contribution in [0.1, 0.15) is 12.5 Å². The number of carbonyl (C=O) groups is 1. The molecule has 9 heteroatoms. The number of hydrogen-bond acceptors (Lipinski definition) is 7. The van der Waals surface area contributed by atoms with E-state index in [1.807, 2.05) is 55.5 Å². The molecular formula is C20H23N5O3S. The van der Waals surface area contributed by atoms with Crippen molar-refractivity contribution in [2.45, 2.75) is 18.6 Å². The van der Waals surface area contributed by atoms with Gasteiger partial charge in [-0.25, -0.2) is 4.68 Å². The molecule has 0 aliphatic carbocycles. The maximum Gasteiger partial charge on any atom is 0.230 e. The first-order valence-electron chi connectivity index (χ1n) is 9.07. The molecule has 0 fully saturated rings. The molecule has 1 heterocycles. The van der Waals surface area contributed by atoms with Crippen LogP contribution in [0.15, 0.2) is 53.7 Å². The third-order valence-corrected chi connectivity index (χ3v) is 5.01. The fourth-order valence-electron chi connectivity index (χ4n) is 2.56. The van der Waals surface area contributed by atoms with Crippen molar-refractivity contribution >= 4 is 17.7 Å². The van der Waals surface area contributed by atoms with Gasteiger partial charge in [-0.2, -0.15) is 0 Å². The number of nitrogens with zero attached hydrogens (tertiary/aromatic N) is 3. The number of thioether (sulfide) groups is 1. The van der Waals surface area contributed by atoms with E-state index < -0.39 is 0 Å². The van der Waals surface area contributed by atoms with Gasteiger partial charge in [0, 0.05) is 12.1 Å². The van der Waals surface area contributed by atoms with Crippen LogP contribution < -0.4 is 20.6 Å². The Morgan fingerprint density at radius 1 is 1.10 bits per heavy atom. The largest absolute Gasteiger partial charge is 0.497 e. The van der Waals surface area contributed by atoms with Gasteiger partial charge in [0.15, 0.2) is 5.82 Å².